The Morgan fingerprint density at radius 1 is 1.35 bits per heavy atom. The summed E-state index contributed by atoms with van der Waals surface area (Å²) in [5.41, 5.74) is 1.33. The van der Waals surface area contributed by atoms with E-state index in [1.54, 1.807) is 11.8 Å². The molecule has 94 valence electrons. The predicted molar refractivity (Wildman–Crippen MR) is 77.1 cm³/mol. The van der Waals surface area contributed by atoms with Gasteiger partial charge in [-0.15, -0.1) is 11.8 Å². The first kappa shape index (κ1) is 12.8. The molecule has 1 aromatic carbocycles. The van der Waals surface area contributed by atoms with Crippen molar-refractivity contribution in [3.63, 3.8) is 0 Å². The summed E-state index contributed by atoms with van der Waals surface area (Å²) in [7, 11) is 2.20. The molecule has 1 unspecified atom stereocenters. The molecule has 1 heterocycles. The summed E-state index contributed by atoms with van der Waals surface area (Å²) in [6.07, 6.45) is 4.80. The Balaban J connectivity index is 1.91. The van der Waals surface area contributed by atoms with Crippen molar-refractivity contribution in [1.29, 1.82) is 0 Å². The molecule has 0 aliphatic carbocycles. The van der Waals surface area contributed by atoms with Gasteiger partial charge in [0, 0.05) is 24.2 Å². The summed E-state index contributed by atoms with van der Waals surface area (Å²) < 4.78 is 0. The minimum absolute atomic E-state index is 0.800. The second kappa shape index (κ2) is 6.31. The van der Waals surface area contributed by atoms with Crippen LogP contribution in [0.25, 0.3) is 0 Å². The molecule has 1 fully saturated rings. The van der Waals surface area contributed by atoms with Crippen molar-refractivity contribution in [1.82, 2.24) is 5.32 Å². The number of thioether (sulfide) groups is 1. The third-order valence-electron chi connectivity index (χ3n) is 3.44. The van der Waals surface area contributed by atoms with Crippen molar-refractivity contribution < 1.29 is 0 Å². The lowest BCUT2D eigenvalue weighted by Gasteiger charge is -2.29. The van der Waals surface area contributed by atoms with E-state index in [1.165, 1.54) is 36.5 Å². The minimum Gasteiger partial charge on any atom is -0.374 e. The van der Waals surface area contributed by atoms with Gasteiger partial charge in [0.15, 0.2) is 0 Å². The zero-order valence-electron chi connectivity index (χ0n) is 10.8. The summed E-state index contributed by atoms with van der Waals surface area (Å²) in [6.45, 7) is 3.53. The van der Waals surface area contributed by atoms with E-state index in [0.717, 1.165) is 12.5 Å². The Hall–Kier alpha value is -0.670. The molecule has 1 aliphatic heterocycles. The summed E-state index contributed by atoms with van der Waals surface area (Å²) in [5.74, 6) is 0.800. The number of benzene rings is 1. The number of piperidine rings is 1. The lowest BCUT2D eigenvalue weighted by molar-refractivity contribution is 0.381. The van der Waals surface area contributed by atoms with Crippen LogP contribution in [-0.2, 0) is 0 Å². The number of nitrogens with one attached hydrogen (secondary N) is 1. The van der Waals surface area contributed by atoms with Gasteiger partial charge in [0.1, 0.15) is 0 Å². The monoisotopic (exact) mass is 250 g/mol. The molecular formula is C14H22N2S. The van der Waals surface area contributed by atoms with Gasteiger partial charge in [0.2, 0.25) is 0 Å². The van der Waals surface area contributed by atoms with E-state index in [9.17, 15) is 0 Å². The van der Waals surface area contributed by atoms with Gasteiger partial charge in [-0.2, -0.15) is 0 Å². The number of hydrogen-bond acceptors (Lipinski definition) is 3. The van der Waals surface area contributed by atoms with E-state index < -0.39 is 0 Å². The Morgan fingerprint density at radius 2 is 2.12 bits per heavy atom. The minimum atomic E-state index is 0.800. The summed E-state index contributed by atoms with van der Waals surface area (Å²) >= 11 is 1.80. The molecule has 0 aromatic heterocycles. The van der Waals surface area contributed by atoms with E-state index in [1.807, 2.05) is 0 Å². The fourth-order valence-corrected chi connectivity index (χ4v) is 2.82. The van der Waals surface area contributed by atoms with E-state index in [0.29, 0.717) is 0 Å². The molecule has 1 atom stereocenters. The fourth-order valence-electron chi connectivity index (χ4n) is 2.41. The average Bonchev–Trinajstić information content (AvgIpc) is 2.40. The zero-order valence-corrected chi connectivity index (χ0v) is 11.6. The van der Waals surface area contributed by atoms with Crippen molar-refractivity contribution in [2.24, 2.45) is 5.92 Å². The maximum atomic E-state index is 3.48. The molecule has 3 heteroatoms. The van der Waals surface area contributed by atoms with Crippen LogP contribution in [-0.4, -0.2) is 32.9 Å². The normalized spacial score (nSPS) is 20.2. The van der Waals surface area contributed by atoms with Gasteiger partial charge in [-0.3, -0.25) is 0 Å². The van der Waals surface area contributed by atoms with Gasteiger partial charge in [-0.25, -0.2) is 0 Å². The molecule has 1 aliphatic rings. The first-order valence-corrected chi connectivity index (χ1v) is 7.58. The predicted octanol–water partition coefficient (Wildman–Crippen LogP) is 2.84. The van der Waals surface area contributed by atoms with Crippen molar-refractivity contribution in [3.8, 4) is 0 Å². The van der Waals surface area contributed by atoms with Gasteiger partial charge in [-0.05, 0) is 62.4 Å². The van der Waals surface area contributed by atoms with Gasteiger partial charge in [-0.1, -0.05) is 0 Å². The first-order valence-electron chi connectivity index (χ1n) is 6.35. The van der Waals surface area contributed by atoms with Gasteiger partial charge in [0.25, 0.3) is 0 Å². The summed E-state index contributed by atoms with van der Waals surface area (Å²) in [4.78, 5) is 3.71. The molecule has 2 rings (SSSR count). The maximum absolute atomic E-state index is 3.48. The maximum Gasteiger partial charge on any atom is 0.0364 e. The number of hydrogen-bond donors (Lipinski definition) is 1. The first-order chi connectivity index (χ1) is 8.29. The molecule has 0 saturated carbocycles. The highest BCUT2D eigenvalue weighted by Crippen LogP contribution is 2.21. The molecule has 17 heavy (non-hydrogen) atoms. The van der Waals surface area contributed by atoms with Crippen LogP contribution in [0.1, 0.15) is 12.8 Å². The van der Waals surface area contributed by atoms with Crippen LogP contribution in [0.4, 0.5) is 5.69 Å². The van der Waals surface area contributed by atoms with Crippen LogP contribution in [0.2, 0.25) is 0 Å². The van der Waals surface area contributed by atoms with E-state index in [4.69, 9.17) is 0 Å². The molecule has 1 aromatic rings. The van der Waals surface area contributed by atoms with Crippen LogP contribution in [0.3, 0.4) is 0 Å². The second-order valence-corrected chi connectivity index (χ2v) is 5.67. The van der Waals surface area contributed by atoms with Crippen molar-refractivity contribution in [2.75, 3.05) is 37.8 Å². The highest BCUT2D eigenvalue weighted by atomic mass is 32.2. The molecule has 0 bridgehead atoms. The van der Waals surface area contributed by atoms with Crippen LogP contribution >= 0.6 is 11.8 Å². The van der Waals surface area contributed by atoms with Gasteiger partial charge in [0.05, 0.1) is 0 Å². The second-order valence-electron chi connectivity index (χ2n) is 4.79. The Labute approximate surface area is 109 Å². The number of anilines is 1. The lowest BCUT2D eigenvalue weighted by atomic mass is 9.99. The van der Waals surface area contributed by atoms with Crippen molar-refractivity contribution in [3.05, 3.63) is 24.3 Å². The average molecular weight is 250 g/mol. The molecule has 1 saturated heterocycles. The number of nitrogens with zero attached hydrogens (tertiary/aromatic N) is 1. The quantitative estimate of drug-likeness (QED) is 0.827. The molecule has 1 N–H and O–H groups in total. The fraction of sp³-hybridized carbons (Fsp3) is 0.571. The van der Waals surface area contributed by atoms with E-state index in [2.05, 4.69) is 47.8 Å². The van der Waals surface area contributed by atoms with Crippen LogP contribution < -0.4 is 10.2 Å². The van der Waals surface area contributed by atoms with Crippen LogP contribution in [0.5, 0.6) is 0 Å². The lowest BCUT2D eigenvalue weighted by Crippen LogP contribution is -2.36. The molecule has 0 spiro atoms. The van der Waals surface area contributed by atoms with E-state index >= 15 is 0 Å². The van der Waals surface area contributed by atoms with E-state index in [-0.39, 0.29) is 0 Å². The zero-order chi connectivity index (χ0) is 12.1. The van der Waals surface area contributed by atoms with Gasteiger partial charge < -0.3 is 10.2 Å². The van der Waals surface area contributed by atoms with Crippen molar-refractivity contribution >= 4 is 17.4 Å². The van der Waals surface area contributed by atoms with Gasteiger partial charge >= 0.3 is 0 Å². The smallest absolute Gasteiger partial charge is 0.0364 e. The largest absolute Gasteiger partial charge is 0.374 e. The SMILES string of the molecule is CSc1ccc(N(C)CC2CCCNC2)cc1. The molecule has 0 amide bonds. The summed E-state index contributed by atoms with van der Waals surface area (Å²) in [6, 6.07) is 8.86. The van der Waals surface area contributed by atoms with Crippen molar-refractivity contribution in [2.45, 2.75) is 17.7 Å². The highest BCUT2D eigenvalue weighted by molar-refractivity contribution is 7.98. The van der Waals surface area contributed by atoms with Crippen LogP contribution in [0.15, 0.2) is 29.2 Å². The molecule has 0 radical (unpaired) electrons. The third kappa shape index (κ3) is 3.65. The Bertz CT molecular complexity index is 331. The Morgan fingerprint density at radius 3 is 2.71 bits per heavy atom. The standard InChI is InChI=1S/C14H22N2S/c1-16(11-12-4-3-9-15-10-12)13-5-7-14(17-2)8-6-13/h5-8,12,15H,3-4,9-11H2,1-2H3. The van der Waals surface area contributed by atoms with Crippen LogP contribution in [0, 0.1) is 5.92 Å². The Kier molecular flexibility index (Phi) is 4.75. The topological polar surface area (TPSA) is 15.3 Å². The summed E-state index contributed by atoms with van der Waals surface area (Å²) in [5, 5.41) is 3.48. The highest BCUT2D eigenvalue weighted by Gasteiger charge is 2.15. The number of rotatable bonds is 4. The molecular weight excluding hydrogens is 228 g/mol. The molecule has 2 nitrogen and oxygen atoms in total. The third-order valence-corrected chi connectivity index (χ3v) is 4.19.